The van der Waals surface area contributed by atoms with Crippen LogP contribution in [-0.4, -0.2) is 29.0 Å². The molecule has 34 heavy (non-hydrogen) atoms. The molecule has 0 atom stereocenters. The van der Waals surface area contributed by atoms with Crippen LogP contribution in [0.2, 0.25) is 0 Å². The fourth-order valence-electron chi connectivity index (χ4n) is 4.79. The zero-order valence-corrected chi connectivity index (χ0v) is 19.3. The van der Waals surface area contributed by atoms with E-state index in [0.29, 0.717) is 0 Å². The van der Waals surface area contributed by atoms with Crippen molar-refractivity contribution in [1.29, 1.82) is 0 Å². The Balaban J connectivity index is 1.44. The SMILES string of the molecule is Cc1cc(Nc2cccc(NC(N)=O)c2CCN2CCc3ccccc3C2)c2ccccc2n1. The molecular formula is C28H29N5O. The van der Waals surface area contributed by atoms with Gasteiger partial charge in [0.1, 0.15) is 0 Å². The fraction of sp³-hybridized carbons (Fsp3) is 0.214. The van der Waals surface area contributed by atoms with E-state index in [1.54, 1.807) is 0 Å². The van der Waals surface area contributed by atoms with Crippen molar-refractivity contribution in [1.82, 2.24) is 9.88 Å². The molecule has 0 bridgehead atoms. The second-order valence-electron chi connectivity index (χ2n) is 8.82. The molecule has 0 aliphatic carbocycles. The number of hydrogen-bond donors (Lipinski definition) is 3. The standard InChI is InChI=1S/C28H29N5O/c1-19-17-27(22-9-4-5-10-24(22)30-19)31-25-11-6-12-26(32-28(29)34)23(25)14-16-33-15-13-20-7-2-3-8-21(20)18-33/h2-12,17H,13-16,18H2,1H3,(H,30,31)(H3,29,32,34). The first-order valence-electron chi connectivity index (χ1n) is 11.7. The lowest BCUT2D eigenvalue weighted by Crippen LogP contribution is -2.32. The molecule has 0 unspecified atom stereocenters. The third-order valence-electron chi connectivity index (χ3n) is 6.44. The minimum absolute atomic E-state index is 0.560. The van der Waals surface area contributed by atoms with Gasteiger partial charge in [-0.15, -0.1) is 0 Å². The predicted molar refractivity (Wildman–Crippen MR) is 139 cm³/mol. The van der Waals surface area contributed by atoms with Crippen LogP contribution in [0.1, 0.15) is 22.4 Å². The maximum absolute atomic E-state index is 11.7. The number of aryl methyl sites for hydroxylation is 1. The summed E-state index contributed by atoms with van der Waals surface area (Å²) in [6.07, 6.45) is 1.84. The molecule has 1 aromatic heterocycles. The molecule has 0 saturated carbocycles. The summed E-state index contributed by atoms with van der Waals surface area (Å²) in [7, 11) is 0. The number of urea groups is 1. The second kappa shape index (κ2) is 9.53. The van der Waals surface area contributed by atoms with Crippen LogP contribution in [0.3, 0.4) is 0 Å². The van der Waals surface area contributed by atoms with E-state index in [4.69, 9.17) is 5.73 Å². The van der Waals surface area contributed by atoms with E-state index in [2.05, 4.69) is 63.0 Å². The number of anilines is 3. The van der Waals surface area contributed by atoms with E-state index in [1.165, 1.54) is 11.1 Å². The number of aromatic nitrogens is 1. The van der Waals surface area contributed by atoms with Gasteiger partial charge in [-0.05, 0) is 55.2 Å². The van der Waals surface area contributed by atoms with Crippen LogP contribution in [0.5, 0.6) is 0 Å². The van der Waals surface area contributed by atoms with Crippen molar-refractivity contribution in [3.8, 4) is 0 Å². The van der Waals surface area contributed by atoms with Gasteiger partial charge >= 0.3 is 6.03 Å². The Morgan fingerprint density at radius 1 is 0.971 bits per heavy atom. The maximum atomic E-state index is 11.7. The maximum Gasteiger partial charge on any atom is 0.316 e. The van der Waals surface area contributed by atoms with Crippen molar-refractivity contribution in [2.24, 2.45) is 5.73 Å². The van der Waals surface area contributed by atoms with Crippen molar-refractivity contribution < 1.29 is 4.79 Å². The number of pyridine rings is 1. The molecule has 4 N–H and O–H groups in total. The summed E-state index contributed by atoms with van der Waals surface area (Å²) >= 11 is 0. The summed E-state index contributed by atoms with van der Waals surface area (Å²) in [5.74, 6) is 0. The van der Waals surface area contributed by atoms with Crippen LogP contribution in [0.15, 0.2) is 72.8 Å². The molecule has 5 rings (SSSR count). The number of carbonyl (C=O) groups is 1. The lowest BCUT2D eigenvalue weighted by molar-refractivity contribution is 0.257. The molecule has 1 aliphatic rings. The van der Waals surface area contributed by atoms with Crippen LogP contribution in [0.4, 0.5) is 21.9 Å². The van der Waals surface area contributed by atoms with Gasteiger partial charge in [0.2, 0.25) is 0 Å². The predicted octanol–water partition coefficient (Wildman–Crippen LogP) is 5.38. The molecule has 4 aromatic rings. The average molecular weight is 452 g/mol. The number of para-hydroxylation sites is 1. The summed E-state index contributed by atoms with van der Waals surface area (Å²) in [6.45, 7) is 4.85. The number of nitrogens with zero attached hydrogens (tertiary/aromatic N) is 2. The minimum atomic E-state index is -0.560. The monoisotopic (exact) mass is 451 g/mol. The summed E-state index contributed by atoms with van der Waals surface area (Å²) in [5.41, 5.74) is 14.0. The van der Waals surface area contributed by atoms with Crippen molar-refractivity contribution in [3.63, 3.8) is 0 Å². The highest BCUT2D eigenvalue weighted by atomic mass is 16.2. The average Bonchev–Trinajstić information content (AvgIpc) is 2.83. The van der Waals surface area contributed by atoms with Gasteiger partial charge in [0.15, 0.2) is 0 Å². The molecule has 0 fully saturated rings. The van der Waals surface area contributed by atoms with Gasteiger partial charge in [-0.25, -0.2) is 4.79 Å². The zero-order chi connectivity index (χ0) is 23.5. The molecule has 0 saturated heterocycles. The highest BCUT2D eigenvalue weighted by Gasteiger charge is 2.18. The lowest BCUT2D eigenvalue weighted by Gasteiger charge is -2.29. The molecule has 1 aliphatic heterocycles. The van der Waals surface area contributed by atoms with Gasteiger partial charge in [0.25, 0.3) is 0 Å². The summed E-state index contributed by atoms with van der Waals surface area (Å²) in [6, 6.07) is 24.2. The Kier molecular flexibility index (Phi) is 6.14. The lowest BCUT2D eigenvalue weighted by atomic mass is 9.99. The third-order valence-corrected chi connectivity index (χ3v) is 6.44. The number of benzene rings is 3. The number of amides is 2. The Morgan fingerprint density at radius 3 is 2.59 bits per heavy atom. The summed E-state index contributed by atoms with van der Waals surface area (Å²) in [4.78, 5) is 18.8. The third kappa shape index (κ3) is 4.72. The fourth-order valence-corrected chi connectivity index (χ4v) is 4.79. The number of nitrogens with one attached hydrogen (secondary N) is 2. The first-order valence-corrected chi connectivity index (χ1v) is 11.7. The summed E-state index contributed by atoms with van der Waals surface area (Å²) < 4.78 is 0. The van der Waals surface area contributed by atoms with E-state index in [1.807, 2.05) is 37.3 Å². The van der Waals surface area contributed by atoms with Crippen molar-refractivity contribution in [2.75, 3.05) is 23.7 Å². The van der Waals surface area contributed by atoms with Crippen LogP contribution >= 0.6 is 0 Å². The number of rotatable bonds is 6. The summed E-state index contributed by atoms with van der Waals surface area (Å²) in [5, 5.41) is 7.50. The van der Waals surface area contributed by atoms with Gasteiger partial charge in [-0.3, -0.25) is 9.88 Å². The van der Waals surface area contributed by atoms with Crippen molar-refractivity contribution in [3.05, 3.63) is 95.2 Å². The first kappa shape index (κ1) is 21.9. The smallest absolute Gasteiger partial charge is 0.316 e. The Labute approximate surface area is 199 Å². The van der Waals surface area contributed by atoms with E-state index < -0.39 is 6.03 Å². The number of fused-ring (bicyclic) bond motifs is 2. The Bertz CT molecular complexity index is 1350. The number of carbonyl (C=O) groups excluding carboxylic acids is 1. The van der Waals surface area contributed by atoms with Crippen LogP contribution in [0.25, 0.3) is 10.9 Å². The molecule has 2 heterocycles. The second-order valence-corrected chi connectivity index (χ2v) is 8.82. The van der Waals surface area contributed by atoms with Gasteiger partial charge in [0, 0.05) is 53.3 Å². The first-order chi connectivity index (χ1) is 16.6. The molecule has 2 amide bonds. The van der Waals surface area contributed by atoms with E-state index in [0.717, 1.165) is 71.7 Å². The molecule has 172 valence electrons. The van der Waals surface area contributed by atoms with Gasteiger partial charge in [-0.2, -0.15) is 0 Å². The van der Waals surface area contributed by atoms with E-state index in [-0.39, 0.29) is 0 Å². The van der Waals surface area contributed by atoms with Crippen molar-refractivity contribution in [2.45, 2.75) is 26.3 Å². The quantitative estimate of drug-likeness (QED) is 0.368. The van der Waals surface area contributed by atoms with Gasteiger partial charge in [-0.1, -0.05) is 48.5 Å². The Hall–Kier alpha value is -3.90. The van der Waals surface area contributed by atoms with Crippen LogP contribution in [0, 0.1) is 6.92 Å². The highest BCUT2D eigenvalue weighted by Crippen LogP contribution is 2.32. The number of primary amides is 1. The van der Waals surface area contributed by atoms with Gasteiger partial charge < -0.3 is 16.4 Å². The minimum Gasteiger partial charge on any atom is -0.355 e. The molecule has 0 spiro atoms. The van der Waals surface area contributed by atoms with E-state index in [9.17, 15) is 4.79 Å². The molecule has 6 nitrogen and oxygen atoms in total. The van der Waals surface area contributed by atoms with E-state index >= 15 is 0 Å². The molecule has 6 heteroatoms. The van der Waals surface area contributed by atoms with Crippen molar-refractivity contribution >= 4 is 34.0 Å². The molecular weight excluding hydrogens is 422 g/mol. The topological polar surface area (TPSA) is 83.3 Å². The number of nitrogens with two attached hydrogens (primary N) is 1. The normalized spacial score (nSPS) is 13.4. The van der Waals surface area contributed by atoms with Crippen LogP contribution < -0.4 is 16.4 Å². The molecule has 0 radical (unpaired) electrons. The highest BCUT2D eigenvalue weighted by molar-refractivity contribution is 5.95. The number of hydrogen-bond acceptors (Lipinski definition) is 4. The van der Waals surface area contributed by atoms with Crippen LogP contribution in [-0.2, 0) is 19.4 Å². The molecule has 3 aromatic carbocycles. The Morgan fingerprint density at radius 2 is 1.74 bits per heavy atom. The zero-order valence-electron chi connectivity index (χ0n) is 19.3. The van der Waals surface area contributed by atoms with Gasteiger partial charge in [0.05, 0.1) is 5.52 Å². The largest absolute Gasteiger partial charge is 0.355 e.